The third kappa shape index (κ3) is 3.50. The highest BCUT2D eigenvalue weighted by Crippen LogP contribution is 2.23. The molecule has 1 saturated carbocycles. The summed E-state index contributed by atoms with van der Waals surface area (Å²) in [7, 11) is 0. The molecule has 0 saturated heterocycles. The summed E-state index contributed by atoms with van der Waals surface area (Å²) in [6.07, 6.45) is 2.59. The van der Waals surface area contributed by atoms with E-state index in [1.165, 1.54) is 18.4 Å². The van der Waals surface area contributed by atoms with Crippen LogP contribution in [0.25, 0.3) is 0 Å². The van der Waals surface area contributed by atoms with Gasteiger partial charge in [-0.15, -0.1) is 0 Å². The van der Waals surface area contributed by atoms with Gasteiger partial charge in [0.05, 0.1) is 0 Å². The summed E-state index contributed by atoms with van der Waals surface area (Å²) >= 11 is 5.85. The van der Waals surface area contributed by atoms with Crippen molar-refractivity contribution in [3.05, 3.63) is 52.7 Å². The van der Waals surface area contributed by atoms with Crippen molar-refractivity contribution in [1.29, 1.82) is 0 Å². The molecule has 0 aliphatic heterocycles. The zero-order chi connectivity index (χ0) is 13.9. The molecule has 1 heterocycles. The maximum absolute atomic E-state index is 5.85. The van der Waals surface area contributed by atoms with Gasteiger partial charge in [0.15, 0.2) is 0 Å². The zero-order valence-electron chi connectivity index (χ0n) is 11.4. The van der Waals surface area contributed by atoms with E-state index in [2.05, 4.69) is 16.4 Å². The van der Waals surface area contributed by atoms with Gasteiger partial charge in [0.1, 0.15) is 5.75 Å². The number of hydrogen-bond acceptors (Lipinski definition) is 3. The normalized spacial score (nSPS) is 14.3. The second-order valence-electron chi connectivity index (χ2n) is 5.11. The molecule has 1 aromatic heterocycles. The van der Waals surface area contributed by atoms with E-state index in [0.29, 0.717) is 16.9 Å². The highest BCUT2D eigenvalue weighted by atomic mass is 35.5. The second kappa shape index (κ2) is 5.81. The van der Waals surface area contributed by atoms with Crippen molar-refractivity contribution in [3.8, 4) is 11.6 Å². The lowest BCUT2D eigenvalue weighted by Crippen LogP contribution is -2.16. The Labute approximate surface area is 123 Å². The first-order valence-corrected chi connectivity index (χ1v) is 7.22. The highest BCUT2D eigenvalue weighted by molar-refractivity contribution is 6.30. The molecule has 4 heteroatoms. The second-order valence-corrected chi connectivity index (χ2v) is 5.54. The van der Waals surface area contributed by atoms with Crippen molar-refractivity contribution >= 4 is 11.6 Å². The van der Waals surface area contributed by atoms with Gasteiger partial charge >= 0.3 is 0 Å². The molecule has 1 aliphatic carbocycles. The Hall–Kier alpha value is -1.58. The summed E-state index contributed by atoms with van der Waals surface area (Å²) in [5.74, 6) is 1.35. The van der Waals surface area contributed by atoms with Gasteiger partial charge in [-0.25, -0.2) is 4.98 Å². The number of hydrogen-bond donors (Lipinski definition) is 1. The van der Waals surface area contributed by atoms with E-state index < -0.39 is 0 Å². The summed E-state index contributed by atoms with van der Waals surface area (Å²) in [6, 6.07) is 12.0. The van der Waals surface area contributed by atoms with E-state index >= 15 is 0 Å². The van der Waals surface area contributed by atoms with Crippen molar-refractivity contribution in [2.75, 3.05) is 0 Å². The lowest BCUT2D eigenvalue weighted by atomic mass is 10.2. The lowest BCUT2D eigenvalue weighted by Gasteiger charge is -2.09. The van der Waals surface area contributed by atoms with Crippen LogP contribution >= 0.6 is 11.6 Å². The van der Waals surface area contributed by atoms with Crippen LogP contribution in [0.5, 0.6) is 11.6 Å². The van der Waals surface area contributed by atoms with Gasteiger partial charge in [-0.3, -0.25) is 0 Å². The van der Waals surface area contributed by atoms with Crippen LogP contribution in [0.15, 0.2) is 36.4 Å². The molecule has 0 atom stereocenters. The number of nitrogens with zero attached hydrogens (tertiary/aromatic N) is 1. The predicted octanol–water partition coefficient (Wildman–Crippen LogP) is 4.09. The first-order chi connectivity index (χ1) is 9.70. The molecule has 104 valence electrons. The van der Waals surface area contributed by atoms with Gasteiger partial charge in [-0.05, 0) is 49.6 Å². The summed E-state index contributed by atoms with van der Waals surface area (Å²) in [6.45, 7) is 2.89. The van der Waals surface area contributed by atoms with Crippen LogP contribution in [-0.2, 0) is 6.54 Å². The summed E-state index contributed by atoms with van der Waals surface area (Å²) in [4.78, 5) is 4.49. The van der Waals surface area contributed by atoms with Crippen LogP contribution in [0, 0.1) is 6.92 Å². The molecule has 0 unspecified atom stereocenters. The van der Waals surface area contributed by atoms with Crippen LogP contribution in [0.1, 0.15) is 24.1 Å². The Morgan fingerprint density at radius 2 is 1.95 bits per heavy atom. The van der Waals surface area contributed by atoms with E-state index in [-0.39, 0.29) is 0 Å². The Morgan fingerprint density at radius 1 is 1.20 bits per heavy atom. The van der Waals surface area contributed by atoms with Gasteiger partial charge in [0, 0.05) is 29.4 Å². The monoisotopic (exact) mass is 288 g/mol. The van der Waals surface area contributed by atoms with Crippen molar-refractivity contribution in [3.63, 3.8) is 0 Å². The number of aromatic nitrogens is 1. The van der Waals surface area contributed by atoms with Gasteiger partial charge in [-0.2, -0.15) is 0 Å². The first-order valence-electron chi connectivity index (χ1n) is 6.84. The van der Waals surface area contributed by atoms with Gasteiger partial charge in [-0.1, -0.05) is 17.7 Å². The SMILES string of the molecule is Cc1nc(Oc2ccc(Cl)cc2)ccc1CNC1CC1. The number of pyridine rings is 1. The molecule has 1 fully saturated rings. The number of nitrogens with one attached hydrogen (secondary N) is 1. The minimum absolute atomic E-state index is 0.611. The first kappa shape index (κ1) is 13.4. The standard InChI is InChI=1S/C16H17ClN2O/c1-11-12(10-18-14-5-6-14)2-9-16(19-11)20-15-7-3-13(17)4-8-15/h2-4,7-9,14,18H,5-6,10H2,1H3. The smallest absolute Gasteiger partial charge is 0.219 e. The molecule has 0 amide bonds. The Bertz CT molecular complexity index is 594. The van der Waals surface area contributed by atoms with Gasteiger partial charge in [0.25, 0.3) is 0 Å². The fourth-order valence-corrected chi connectivity index (χ4v) is 2.10. The predicted molar refractivity (Wildman–Crippen MR) is 80.4 cm³/mol. The number of halogens is 1. The van der Waals surface area contributed by atoms with E-state index in [1.54, 1.807) is 12.1 Å². The molecule has 0 spiro atoms. The van der Waals surface area contributed by atoms with Gasteiger partial charge < -0.3 is 10.1 Å². The third-order valence-electron chi connectivity index (χ3n) is 3.36. The maximum Gasteiger partial charge on any atom is 0.219 e. The van der Waals surface area contributed by atoms with E-state index in [4.69, 9.17) is 16.3 Å². The number of rotatable bonds is 5. The Morgan fingerprint density at radius 3 is 2.60 bits per heavy atom. The fraction of sp³-hybridized carbons (Fsp3) is 0.312. The molecular formula is C16H17ClN2O. The lowest BCUT2D eigenvalue weighted by molar-refractivity contribution is 0.461. The van der Waals surface area contributed by atoms with Crippen molar-refractivity contribution in [2.45, 2.75) is 32.4 Å². The summed E-state index contributed by atoms with van der Waals surface area (Å²) < 4.78 is 5.72. The Kier molecular flexibility index (Phi) is 3.90. The topological polar surface area (TPSA) is 34.1 Å². The van der Waals surface area contributed by atoms with Crippen LogP contribution in [0.3, 0.4) is 0 Å². The minimum atomic E-state index is 0.611. The van der Waals surface area contributed by atoms with Crippen molar-refractivity contribution in [1.82, 2.24) is 10.3 Å². The Balaban J connectivity index is 1.67. The number of benzene rings is 1. The average Bonchev–Trinajstić information content (AvgIpc) is 3.25. The fourth-order valence-electron chi connectivity index (χ4n) is 1.98. The van der Waals surface area contributed by atoms with Crippen molar-refractivity contribution < 1.29 is 4.74 Å². The number of ether oxygens (including phenoxy) is 1. The molecule has 0 bridgehead atoms. The third-order valence-corrected chi connectivity index (χ3v) is 3.62. The van der Waals surface area contributed by atoms with Crippen LogP contribution in [0.4, 0.5) is 0 Å². The maximum atomic E-state index is 5.85. The molecular weight excluding hydrogens is 272 g/mol. The van der Waals surface area contributed by atoms with Crippen LogP contribution in [0.2, 0.25) is 5.02 Å². The van der Waals surface area contributed by atoms with Crippen molar-refractivity contribution in [2.24, 2.45) is 0 Å². The summed E-state index contributed by atoms with van der Waals surface area (Å²) in [5, 5.41) is 4.19. The largest absolute Gasteiger partial charge is 0.439 e. The van der Waals surface area contributed by atoms with Gasteiger partial charge in [0.2, 0.25) is 5.88 Å². The van der Waals surface area contributed by atoms with Crippen LogP contribution in [-0.4, -0.2) is 11.0 Å². The molecule has 1 aliphatic rings. The molecule has 3 nitrogen and oxygen atoms in total. The number of aryl methyl sites for hydroxylation is 1. The molecule has 20 heavy (non-hydrogen) atoms. The minimum Gasteiger partial charge on any atom is -0.439 e. The van der Waals surface area contributed by atoms with Crippen LogP contribution < -0.4 is 10.1 Å². The molecule has 3 rings (SSSR count). The van der Waals surface area contributed by atoms with E-state index in [9.17, 15) is 0 Å². The van der Waals surface area contributed by atoms with E-state index in [0.717, 1.165) is 18.0 Å². The summed E-state index contributed by atoms with van der Waals surface area (Å²) in [5.41, 5.74) is 2.23. The molecule has 1 aromatic carbocycles. The van der Waals surface area contributed by atoms with E-state index in [1.807, 2.05) is 25.1 Å². The molecule has 0 radical (unpaired) electrons. The molecule has 2 aromatic rings. The zero-order valence-corrected chi connectivity index (χ0v) is 12.2. The molecule has 1 N–H and O–H groups in total. The quantitative estimate of drug-likeness (QED) is 0.900. The highest BCUT2D eigenvalue weighted by Gasteiger charge is 2.20. The average molecular weight is 289 g/mol.